The molecule has 1 aliphatic carbocycles. The van der Waals surface area contributed by atoms with Gasteiger partial charge < -0.3 is 9.30 Å². The van der Waals surface area contributed by atoms with Crippen LogP contribution in [0.2, 0.25) is 0 Å². The molecule has 7 heteroatoms. The molecule has 0 saturated carbocycles. The van der Waals surface area contributed by atoms with Gasteiger partial charge in [0.25, 0.3) is 0 Å². The molecule has 0 bridgehead atoms. The Bertz CT molecular complexity index is 1090. The van der Waals surface area contributed by atoms with Crippen LogP contribution in [0.15, 0.2) is 41.0 Å². The van der Waals surface area contributed by atoms with Crippen molar-refractivity contribution < 1.29 is 27.5 Å². The molecule has 28 heavy (non-hydrogen) atoms. The molecule has 0 spiro atoms. The van der Waals surface area contributed by atoms with Crippen LogP contribution in [0.4, 0.5) is 13.2 Å². The Labute approximate surface area is 159 Å². The van der Waals surface area contributed by atoms with E-state index in [0.29, 0.717) is 24.8 Å². The van der Waals surface area contributed by atoms with Gasteiger partial charge >= 0.3 is 18.1 Å². The number of halogens is 3. The lowest BCUT2D eigenvalue weighted by atomic mass is 9.92. The third kappa shape index (κ3) is 2.85. The van der Waals surface area contributed by atoms with Crippen molar-refractivity contribution in [1.29, 1.82) is 0 Å². The predicted molar refractivity (Wildman–Crippen MR) is 97.2 cm³/mol. The number of nitrogens with zero attached hydrogens (tertiary/aromatic N) is 1. The summed E-state index contributed by atoms with van der Waals surface area (Å²) in [5, 5.41) is 0.979. The first-order valence-electron chi connectivity index (χ1n) is 9.02. The molecule has 0 unspecified atom stereocenters. The molecule has 0 saturated heterocycles. The van der Waals surface area contributed by atoms with E-state index < -0.39 is 30.1 Å². The number of rotatable bonds is 3. The topological polar surface area (TPSA) is 48.3 Å². The summed E-state index contributed by atoms with van der Waals surface area (Å²) in [7, 11) is 1.93. The Morgan fingerprint density at radius 3 is 2.46 bits per heavy atom. The van der Waals surface area contributed by atoms with E-state index in [2.05, 4.69) is 4.74 Å². The first-order chi connectivity index (χ1) is 13.2. The lowest BCUT2D eigenvalue weighted by Gasteiger charge is -2.11. The van der Waals surface area contributed by atoms with Crippen LogP contribution in [-0.4, -0.2) is 22.7 Å². The van der Waals surface area contributed by atoms with Gasteiger partial charge in [-0.2, -0.15) is 13.2 Å². The third-order valence-corrected chi connectivity index (χ3v) is 5.54. The monoisotopic (exact) mass is 389 g/mol. The van der Waals surface area contributed by atoms with Crippen molar-refractivity contribution in [3.05, 3.63) is 52.2 Å². The van der Waals surface area contributed by atoms with Crippen molar-refractivity contribution in [2.75, 3.05) is 0 Å². The van der Waals surface area contributed by atoms with Crippen molar-refractivity contribution in [3.63, 3.8) is 0 Å². The first kappa shape index (κ1) is 18.5. The number of fused-ring (bicyclic) bond motifs is 1. The normalized spacial score (nSPS) is 18.0. The van der Waals surface area contributed by atoms with Gasteiger partial charge in [0.1, 0.15) is 0 Å². The quantitative estimate of drug-likeness (QED) is 0.562. The van der Waals surface area contributed by atoms with E-state index in [1.807, 2.05) is 42.8 Å². The highest BCUT2D eigenvalue weighted by molar-refractivity contribution is 6.16. The number of aryl methyl sites for hydroxylation is 1. The van der Waals surface area contributed by atoms with Gasteiger partial charge in [0, 0.05) is 29.2 Å². The Morgan fingerprint density at radius 2 is 1.75 bits per heavy atom. The van der Waals surface area contributed by atoms with Crippen LogP contribution in [0, 0.1) is 6.92 Å². The molecule has 0 fully saturated rings. The molecule has 4 rings (SSSR count). The highest BCUT2D eigenvalue weighted by Gasteiger charge is 2.43. The van der Waals surface area contributed by atoms with Gasteiger partial charge in [-0.05, 0) is 43.4 Å². The fourth-order valence-electron chi connectivity index (χ4n) is 4.29. The minimum Gasteiger partial charge on any atom is -0.386 e. The van der Waals surface area contributed by atoms with E-state index in [9.17, 15) is 22.8 Å². The molecule has 1 aliphatic heterocycles. The lowest BCUT2D eigenvalue weighted by molar-refractivity contribution is -0.154. The molecule has 0 amide bonds. The van der Waals surface area contributed by atoms with Crippen LogP contribution in [0.3, 0.4) is 0 Å². The van der Waals surface area contributed by atoms with Crippen molar-refractivity contribution in [3.8, 4) is 0 Å². The maximum absolute atomic E-state index is 13.0. The largest absolute Gasteiger partial charge is 0.393 e. The van der Waals surface area contributed by atoms with E-state index >= 15 is 0 Å². The van der Waals surface area contributed by atoms with Gasteiger partial charge in [0.2, 0.25) is 0 Å². The number of ether oxygens (including phenoxy) is 1. The smallest absolute Gasteiger partial charge is 0.386 e. The van der Waals surface area contributed by atoms with Crippen LogP contribution in [0.25, 0.3) is 16.5 Å². The Kier molecular flexibility index (Phi) is 4.21. The number of allylic oxidation sites excluding steroid dienone is 1. The number of carbonyl (C=O) groups is 2. The number of hydrogen-bond donors (Lipinski definition) is 0. The maximum atomic E-state index is 13.0. The zero-order chi connectivity index (χ0) is 20.2. The second kappa shape index (κ2) is 6.36. The zero-order valence-corrected chi connectivity index (χ0v) is 15.4. The van der Waals surface area contributed by atoms with Gasteiger partial charge in [0.05, 0.1) is 17.6 Å². The number of alkyl halides is 3. The molecule has 2 heterocycles. The van der Waals surface area contributed by atoms with Gasteiger partial charge in [-0.1, -0.05) is 18.2 Å². The number of para-hydroxylation sites is 1. The van der Waals surface area contributed by atoms with Crippen LogP contribution >= 0.6 is 0 Å². The number of cyclic esters (lactones) is 2. The predicted octanol–water partition coefficient (Wildman–Crippen LogP) is 4.76. The summed E-state index contributed by atoms with van der Waals surface area (Å²) in [6, 6.07) is 7.76. The van der Waals surface area contributed by atoms with E-state index in [1.54, 1.807) is 0 Å². The lowest BCUT2D eigenvalue weighted by Crippen LogP contribution is -2.13. The summed E-state index contributed by atoms with van der Waals surface area (Å²) in [4.78, 5) is 24.2. The van der Waals surface area contributed by atoms with Crippen molar-refractivity contribution in [2.24, 2.45) is 7.05 Å². The minimum absolute atomic E-state index is 0.192. The van der Waals surface area contributed by atoms with E-state index in [0.717, 1.165) is 27.7 Å². The average molecular weight is 389 g/mol. The average Bonchev–Trinajstić information content (AvgIpc) is 3.24. The number of aromatic nitrogens is 1. The Hall–Kier alpha value is -2.83. The Balaban J connectivity index is 1.97. The molecule has 1 aromatic carbocycles. The molecule has 0 atom stereocenters. The number of hydrogen-bond acceptors (Lipinski definition) is 3. The third-order valence-electron chi connectivity index (χ3n) is 5.54. The number of benzene rings is 1. The first-order valence-corrected chi connectivity index (χ1v) is 9.02. The summed E-state index contributed by atoms with van der Waals surface area (Å²) in [6.07, 6.45) is -4.28. The molecular formula is C21H18F3NO3. The van der Waals surface area contributed by atoms with Crippen molar-refractivity contribution in [2.45, 2.75) is 38.8 Å². The van der Waals surface area contributed by atoms with Crippen molar-refractivity contribution in [1.82, 2.24) is 4.57 Å². The van der Waals surface area contributed by atoms with Gasteiger partial charge in [0.15, 0.2) is 0 Å². The SMILES string of the molecule is Cc1c(C2=C(C3=C(CC(F)(F)F)C(=O)OC3=O)CCC2)c2ccccc2n1C. The summed E-state index contributed by atoms with van der Waals surface area (Å²) >= 11 is 0. The van der Waals surface area contributed by atoms with Crippen molar-refractivity contribution >= 4 is 28.4 Å². The second-order valence-electron chi connectivity index (χ2n) is 7.17. The maximum Gasteiger partial charge on any atom is 0.393 e. The fourth-order valence-corrected chi connectivity index (χ4v) is 4.29. The van der Waals surface area contributed by atoms with E-state index in [1.165, 1.54) is 0 Å². The van der Waals surface area contributed by atoms with Gasteiger partial charge in [-0.3, -0.25) is 0 Å². The van der Waals surface area contributed by atoms with Crippen LogP contribution < -0.4 is 0 Å². The summed E-state index contributed by atoms with van der Waals surface area (Å²) in [5.41, 5.74) is 3.46. The number of carbonyl (C=O) groups excluding carboxylic acids is 2. The Morgan fingerprint density at radius 1 is 1.07 bits per heavy atom. The summed E-state index contributed by atoms with van der Waals surface area (Å²) < 4.78 is 45.6. The van der Waals surface area contributed by atoms with Crippen LogP contribution in [0.5, 0.6) is 0 Å². The molecule has 0 N–H and O–H groups in total. The minimum atomic E-state index is -4.60. The molecule has 0 radical (unpaired) electrons. The number of esters is 2. The fraction of sp³-hybridized carbons (Fsp3) is 0.333. The molecule has 4 nitrogen and oxygen atoms in total. The van der Waals surface area contributed by atoms with Crippen LogP contribution in [0.1, 0.15) is 36.9 Å². The molecule has 2 aromatic rings. The molecular weight excluding hydrogens is 371 g/mol. The zero-order valence-electron chi connectivity index (χ0n) is 15.4. The molecule has 146 valence electrons. The van der Waals surface area contributed by atoms with E-state index in [4.69, 9.17) is 0 Å². The van der Waals surface area contributed by atoms with Gasteiger partial charge in [-0.25, -0.2) is 9.59 Å². The van der Waals surface area contributed by atoms with E-state index in [-0.39, 0.29) is 5.57 Å². The summed E-state index contributed by atoms with van der Waals surface area (Å²) in [6.45, 7) is 1.95. The molecule has 2 aliphatic rings. The second-order valence-corrected chi connectivity index (χ2v) is 7.17. The molecule has 1 aromatic heterocycles. The van der Waals surface area contributed by atoms with Gasteiger partial charge in [-0.15, -0.1) is 0 Å². The highest BCUT2D eigenvalue weighted by Crippen LogP contribution is 2.45. The van der Waals surface area contributed by atoms with Crippen LogP contribution in [-0.2, 0) is 21.4 Å². The standard InChI is InChI=1S/C21H18F3NO3/c1-11-17(14-6-3-4-9-16(14)25(11)2)12-7-5-8-13(12)18-15(10-21(22,23)24)19(26)28-20(18)27/h3-4,6,9H,5,7-8,10H2,1-2H3. The summed E-state index contributed by atoms with van der Waals surface area (Å²) in [5.74, 6) is -2.16. The highest BCUT2D eigenvalue weighted by atomic mass is 19.4.